The van der Waals surface area contributed by atoms with Gasteiger partial charge in [-0.3, -0.25) is 4.79 Å². The van der Waals surface area contributed by atoms with Crippen LogP contribution in [0.25, 0.3) is 0 Å². The average molecular weight is 311 g/mol. The van der Waals surface area contributed by atoms with Crippen molar-refractivity contribution in [3.8, 4) is 0 Å². The number of morpholine rings is 1. The molecule has 1 unspecified atom stereocenters. The Hall–Kier alpha value is -1.40. The van der Waals surface area contributed by atoms with Crippen molar-refractivity contribution in [3.63, 3.8) is 0 Å². The molecule has 0 aromatic carbocycles. The van der Waals surface area contributed by atoms with Crippen LogP contribution in [0.2, 0.25) is 5.15 Å². The molecule has 2 fully saturated rings. The van der Waals surface area contributed by atoms with Crippen LogP contribution >= 0.6 is 11.6 Å². The maximum atomic E-state index is 12.2. The number of hydrogen-bond acceptors (Lipinski definition) is 5. The Labute approximate surface area is 128 Å². The average Bonchev–Trinajstić information content (AvgIpc) is 3.31. The van der Waals surface area contributed by atoms with Crippen LogP contribution < -0.4 is 10.2 Å². The maximum absolute atomic E-state index is 12.2. The van der Waals surface area contributed by atoms with E-state index >= 15 is 0 Å². The van der Waals surface area contributed by atoms with Crippen molar-refractivity contribution in [2.24, 2.45) is 0 Å². The number of carbonyl (C=O) groups excluding carboxylic acids is 1. The zero-order chi connectivity index (χ0) is 14.8. The van der Waals surface area contributed by atoms with E-state index in [4.69, 9.17) is 16.3 Å². The van der Waals surface area contributed by atoms with Gasteiger partial charge in [-0.2, -0.15) is 0 Å². The summed E-state index contributed by atoms with van der Waals surface area (Å²) in [4.78, 5) is 23.1. The molecule has 1 aromatic rings. The quantitative estimate of drug-likeness (QED) is 0.850. The van der Waals surface area contributed by atoms with Crippen molar-refractivity contribution < 1.29 is 9.53 Å². The van der Waals surface area contributed by atoms with E-state index in [1.54, 1.807) is 6.07 Å². The predicted molar refractivity (Wildman–Crippen MR) is 79.7 cm³/mol. The van der Waals surface area contributed by atoms with Gasteiger partial charge in [0.2, 0.25) is 5.91 Å². The Morgan fingerprint density at radius 2 is 2.33 bits per heavy atom. The third-order valence-corrected chi connectivity index (χ3v) is 3.91. The SMILES string of the molecule is CCNC(=O)C1COCCN1c1cc(Cl)nc(C2CC2)n1. The molecule has 2 heterocycles. The van der Waals surface area contributed by atoms with Gasteiger partial charge in [-0.05, 0) is 19.8 Å². The van der Waals surface area contributed by atoms with E-state index < -0.39 is 0 Å². The first-order valence-corrected chi connectivity index (χ1v) is 7.73. The monoisotopic (exact) mass is 310 g/mol. The van der Waals surface area contributed by atoms with Crippen LogP contribution in [-0.2, 0) is 9.53 Å². The van der Waals surface area contributed by atoms with Crippen molar-refractivity contribution in [1.29, 1.82) is 0 Å². The molecule has 3 rings (SSSR count). The number of aromatic nitrogens is 2. The first-order valence-electron chi connectivity index (χ1n) is 7.35. The number of ether oxygens (including phenoxy) is 1. The molecule has 7 heteroatoms. The lowest BCUT2D eigenvalue weighted by molar-refractivity contribution is -0.124. The number of rotatable bonds is 4. The van der Waals surface area contributed by atoms with Gasteiger partial charge in [0.1, 0.15) is 22.8 Å². The smallest absolute Gasteiger partial charge is 0.245 e. The topological polar surface area (TPSA) is 67.3 Å². The highest BCUT2D eigenvalue weighted by Crippen LogP contribution is 2.39. The van der Waals surface area contributed by atoms with Crippen molar-refractivity contribution in [3.05, 3.63) is 17.0 Å². The molecule has 1 saturated heterocycles. The highest BCUT2D eigenvalue weighted by molar-refractivity contribution is 6.29. The van der Waals surface area contributed by atoms with E-state index in [-0.39, 0.29) is 11.9 Å². The van der Waals surface area contributed by atoms with Crippen LogP contribution in [0.1, 0.15) is 31.5 Å². The number of hydrogen-bond donors (Lipinski definition) is 1. The standard InChI is InChI=1S/C14H19ClN4O2/c1-2-16-14(20)10-8-21-6-5-19(10)12-7-11(15)17-13(18-12)9-3-4-9/h7,9-10H,2-6,8H2,1H3,(H,16,20). The van der Waals surface area contributed by atoms with Crippen LogP contribution in [-0.4, -0.2) is 48.2 Å². The van der Waals surface area contributed by atoms with E-state index in [2.05, 4.69) is 15.3 Å². The van der Waals surface area contributed by atoms with Crippen molar-refractivity contribution in [2.45, 2.75) is 31.7 Å². The third-order valence-electron chi connectivity index (χ3n) is 3.72. The lowest BCUT2D eigenvalue weighted by atomic mass is 10.2. The van der Waals surface area contributed by atoms with Crippen molar-refractivity contribution in [2.75, 3.05) is 31.2 Å². The second-order valence-electron chi connectivity index (χ2n) is 5.36. The van der Waals surface area contributed by atoms with Gasteiger partial charge < -0.3 is 15.0 Å². The molecular weight excluding hydrogens is 292 g/mol. The molecule has 1 atom stereocenters. The summed E-state index contributed by atoms with van der Waals surface area (Å²) in [7, 11) is 0. The molecule has 1 aliphatic heterocycles. The van der Waals surface area contributed by atoms with E-state index in [1.807, 2.05) is 11.8 Å². The Kier molecular flexibility index (Phi) is 4.26. The first kappa shape index (κ1) is 14.5. The number of carbonyl (C=O) groups is 1. The van der Waals surface area contributed by atoms with Crippen LogP contribution in [0, 0.1) is 0 Å². The molecule has 1 aromatic heterocycles. The molecule has 1 saturated carbocycles. The van der Waals surface area contributed by atoms with E-state index in [1.165, 1.54) is 0 Å². The fourth-order valence-corrected chi connectivity index (χ4v) is 2.67. The van der Waals surface area contributed by atoms with Gasteiger partial charge in [0.25, 0.3) is 0 Å². The highest BCUT2D eigenvalue weighted by atomic mass is 35.5. The van der Waals surface area contributed by atoms with Gasteiger partial charge in [-0.15, -0.1) is 0 Å². The summed E-state index contributed by atoms with van der Waals surface area (Å²) in [6.45, 7) is 4.07. The zero-order valence-corrected chi connectivity index (χ0v) is 12.8. The van der Waals surface area contributed by atoms with Crippen molar-refractivity contribution in [1.82, 2.24) is 15.3 Å². The van der Waals surface area contributed by atoms with E-state index in [0.717, 1.165) is 24.5 Å². The third kappa shape index (κ3) is 3.27. The van der Waals surface area contributed by atoms with Gasteiger partial charge in [0.05, 0.1) is 13.2 Å². The number of nitrogens with one attached hydrogen (secondary N) is 1. The van der Waals surface area contributed by atoms with Crippen LogP contribution in [0.15, 0.2) is 6.07 Å². The number of amides is 1. The molecular formula is C14H19ClN4O2. The predicted octanol–water partition coefficient (Wildman–Crippen LogP) is 1.35. The fourth-order valence-electron chi connectivity index (χ4n) is 2.48. The summed E-state index contributed by atoms with van der Waals surface area (Å²) >= 11 is 6.12. The Morgan fingerprint density at radius 1 is 1.52 bits per heavy atom. The normalized spacial score (nSPS) is 22.2. The second-order valence-corrected chi connectivity index (χ2v) is 5.75. The minimum Gasteiger partial charge on any atom is -0.377 e. The lowest BCUT2D eigenvalue weighted by Gasteiger charge is -2.35. The second kappa shape index (κ2) is 6.15. The van der Waals surface area contributed by atoms with Gasteiger partial charge >= 0.3 is 0 Å². The number of anilines is 1. The van der Waals surface area contributed by atoms with Crippen molar-refractivity contribution >= 4 is 23.3 Å². The minimum atomic E-state index is -0.364. The molecule has 0 spiro atoms. The molecule has 21 heavy (non-hydrogen) atoms. The molecule has 114 valence electrons. The molecule has 0 radical (unpaired) electrons. The van der Waals surface area contributed by atoms with E-state index in [0.29, 0.717) is 37.4 Å². The summed E-state index contributed by atoms with van der Waals surface area (Å²) in [6, 6.07) is 1.36. The number of nitrogens with zero attached hydrogens (tertiary/aromatic N) is 3. The Morgan fingerprint density at radius 3 is 3.05 bits per heavy atom. The summed E-state index contributed by atoms with van der Waals surface area (Å²) in [5.41, 5.74) is 0. The van der Waals surface area contributed by atoms with Gasteiger partial charge in [-0.1, -0.05) is 11.6 Å². The zero-order valence-electron chi connectivity index (χ0n) is 12.0. The molecule has 1 aliphatic carbocycles. The molecule has 1 N–H and O–H groups in total. The van der Waals surface area contributed by atoms with Crippen LogP contribution in [0.4, 0.5) is 5.82 Å². The number of halogens is 1. The highest BCUT2D eigenvalue weighted by Gasteiger charge is 2.32. The van der Waals surface area contributed by atoms with Gasteiger partial charge in [0, 0.05) is 25.1 Å². The summed E-state index contributed by atoms with van der Waals surface area (Å²) in [5, 5.41) is 3.28. The van der Waals surface area contributed by atoms with E-state index in [9.17, 15) is 4.79 Å². The molecule has 1 amide bonds. The molecule has 6 nitrogen and oxygen atoms in total. The first-order chi connectivity index (χ1) is 10.2. The Balaban J connectivity index is 1.87. The lowest BCUT2D eigenvalue weighted by Crippen LogP contribution is -2.54. The molecule has 2 aliphatic rings. The van der Waals surface area contributed by atoms with Gasteiger partial charge in [-0.25, -0.2) is 9.97 Å². The van der Waals surface area contributed by atoms with Gasteiger partial charge in [0.15, 0.2) is 0 Å². The van der Waals surface area contributed by atoms with Crippen LogP contribution in [0.3, 0.4) is 0 Å². The summed E-state index contributed by atoms with van der Waals surface area (Å²) < 4.78 is 5.44. The maximum Gasteiger partial charge on any atom is 0.245 e. The summed E-state index contributed by atoms with van der Waals surface area (Å²) in [5.74, 6) is 1.89. The van der Waals surface area contributed by atoms with Crippen LogP contribution in [0.5, 0.6) is 0 Å². The molecule has 0 bridgehead atoms. The largest absolute Gasteiger partial charge is 0.377 e. The fraction of sp³-hybridized carbons (Fsp3) is 0.643. The minimum absolute atomic E-state index is 0.0418. The summed E-state index contributed by atoms with van der Waals surface area (Å²) in [6.07, 6.45) is 2.23. The number of likely N-dealkylation sites (N-methyl/N-ethyl adjacent to an activating group) is 1. The Bertz CT molecular complexity index is 536.